The Labute approximate surface area is 169 Å². The van der Waals surface area contributed by atoms with Gasteiger partial charge in [0.1, 0.15) is 0 Å². The summed E-state index contributed by atoms with van der Waals surface area (Å²) in [6.07, 6.45) is 14.9. The van der Waals surface area contributed by atoms with Gasteiger partial charge in [0, 0.05) is 0 Å². The molecule has 0 N–H and O–H groups in total. The minimum Gasteiger partial charge on any atom is -0.490 e. The Hall–Kier alpha value is -1.12. The van der Waals surface area contributed by atoms with Crippen molar-refractivity contribution in [1.29, 1.82) is 0 Å². The summed E-state index contributed by atoms with van der Waals surface area (Å²) in [5, 5.41) is 0. The molecule has 0 aliphatic heterocycles. The predicted molar refractivity (Wildman–Crippen MR) is 110 cm³/mol. The van der Waals surface area contributed by atoms with E-state index < -0.39 is 11.6 Å². The quantitative estimate of drug-likeness (QED) is 0.465. The first kappa shape index (κ1) is 20.2. The van der Waals surface area contributed by atoms with Crippen molar-refractivity contribution >= 4 is 0 Å². The second-order valence-electron chi connectivity index (χ2n) is 9.72. The molecule has 3 fully saturated rings. The average molecular weight is 391 g/mol. The molecule has 0 heterocycles. The molecule has 156 valence electrons. The topological polar surface area (TPSA) is 9.23 Å². The molecule has 3 aliphatic rings. The van der Waals surface area contributed by atoms with Gasteiger partial charge in [0.2, 0.25) is 5.82 Å². The van der Waals surface area contributed by atoms with Gasteiger partial charge in [-0.3, -0.25) is 0 Å². The Morgan fingerprint density at radius 1 is 0.786 bits per heavy atom. The normalized spacial score (nSPS) is 31.0. The van der Waals surface area contributed by atoms with Crippen LogP contribution < -0.4 is 4.74 Å². The molecule has 0 aromatic heterocycles. The first-order valence-electron chi connectivity index (χ1n) is 11.8. The summed E-state index contributed by atoms with van der Waals surface area (Å²) >= 11 is 0. The zero-order valence-electron chi connectivity index (χ0n) is 17.4. The molecule has 3 aliphatic carbocycles. The number of rotatable bonds is 7. The first-order valence-corrected chi connectivity index (χ1v) is 11.8. The predicted octanol–water partition coefficient (Wildman–Crippen LogP) is 7.63. The molecule has 3 saturated carbocycles. The van der Waals surface area contributed by atoms with E-state index in [0.29, 0.717) is 18.1 Å². The lowest BCUT2D eigenvalue weighted by molar-refractivity contribution is 0.155. The van der Waals surface area contributed by atoms with Crippen molar-refractivity contribution in [1.82, 2.24) is 0 Å². The van der Waals surface area contributed by atoms with E-state index in [0.717, 1.165) is 43.4 Å². The molecule has 3 heteroatoms. The molecule has 0 bridgehead atoms. The van der Waals surface area contributed by atoms with Gasteiger partial charge in [-0.2, -0.15) is 4.39 Å². The highest BCUT2D eigenvalue weighted by atomic mass is 19.2. The number of ether oxygens (including phenoxy) is 1. The molecule has 0 amide bonds. The number of hydrogen-bond donors (Lipinski definition) is 0. The van der Waals surface area contributed by atoms with Crippen molar-refractivity contribution < 1.29 is 13.5 Å². The van der Waals surface area contributed by atoms with Crippen LogP contribution in [0.4, 0.5) is 8.78 Å². The van der Waals surface area contributed by atoms with Gasteiger partial charge in [-0.25, -0.2) is 4.39 Å². The van der Waals surface area contributed by atoms with Gasteiger partial charge in [-0.1, -0.05) is 38.7 Å². The van der Waals surface area contributed by atoms with E-state index in [1.807, 2.05) is 0 Å². The van der Waals surface area contributed by atoms with Crippen LogP contribution in [0.15, 0.2) is 12.1 Å². The maximum Gasteiger partial charge on any atom is 0.200 e. The molecule has 0 radical (unpaired) electrons. The average Bonchev–Trinajstić information content (AvgIpc) is 3.55. The van der Waals surface area contributed by atoms with Crippen LogP contribution in [-0.4, -0.2) is 6.61 Å². The summed E-state index contributed by atoms with van der Waals surface area (Å²) in [4.78, 5) is 0. The zero-order chi connectivity index (χ0) is 19.5. The van der Waals surface area contributed by atoms with Crippen molar-refractivity contribution in [2.45, 2.75) is 89.9 Å². The molecular formula is C25H36F2O. The molecule has 0 atom stereocenters. The van der Waals surface area contributed by atoms with E-state index in [-0.39, 0.29) is 11.7 Å². The van der Waals surface area contributed by atoms with Crippen molar-refractivity contribution in [3.8, 4) is 5.75 Å². The van der Waals surface area contributed by atoms with Crippen LogP contribution in [0.3, 0.4) is 0 Å². The van der Waals surface area contributed by atoms with E-state index in [1.54, 1.807) is 12.1 Å². The third-order valence-electron chi connectivity index (χ3n) is 7.71. The summed E-state index contributed by atoms with van der Waals surface area (Å²) in [6, 6.07) is 3.43. The van der Waals surface area contributed by atoms with Gasteiger partial charge in [-0.05, 0) is 92.6 Å². The molecule has 0 unspecified atom stereocenters. The van der Waals surface area contributed by atoms with Gasteiger partial charge in [0.15, 0.2) is 11.6 Å². The molecule has 1 aromatic rings. The third-order valence-corrected chi connectivity index (χ3v) is 7.71. The third kappa shape index (κ3) is 4.71. The Bertz CT molecular complexity index is 638. The minimum atomic E-state index is -0.783. The van der Waals surface area contributed by atoms with Crippen LogP contribution in [0.1, 0.15) is 95.5 Å². The summed E-state index contributed by atoms with van der Waals surface area (Å²) < 4.78 is 34.6. The molecule has 1 aromatic carbocycles. The molecular weight excluding hydrogens is 354 g/mol. The van der Waals surface area contributed by atoms with Gasteiger partial charge in [0.25, 0.3) is 0 Å². The van der Waals surface area contributed by atoms with Crippen LogP contribution >= 0.6 is 0 Å². The van der Waals surface area contributed by atoms with E-state index in [1.165, 1.54) is 51.4 Å². The number of benzene rings is 1. The number of hydrogen-bond acceptors (Lipinski definition) is 1. The second-order valence-corrected chi connectivity index (χ2v) is 9.72. The Kier molecular flexibility index (Phi) is 6.58. The fourth-order valence-electron chi connectivity index (χ4n) is 5.72. The summed E-state index contributed by atoms with van der Waals surface area (Å²) in [7, 11) is 0. The highest BCUT2D eigenvalue weighted by Crippen LogP contribution is 2.45. The van der Waals surface area contributed by atoms with E-state index in [4.69, 9.17) is 4.74 Å². The lowest BCUT2D eigenvalue weighted by Crippen LogP contribution is -2.25. The molecule has 28 heavy (non-hydrogen) atoms. The SMILES string of the molecule is CCCC1CCC(C2CCC(c3ccc(OCC4CC4)c(F)c3F)CC2)CC1. The summed E-state index contributed by atoms with van der Waals surface area (Å²) in [5.41, 5.74) is 0.571. The molecule has 1 nitrogen and oxygen atoms in total. The maximum atomic E-state index is 14.7. The second kappa shape index (κ2) is 9.13. The van der Waals surface area contributed by atoms with Crippen molar-refractivity contribution in [2.75, 3.05) is 6.61 Å². The van der Waals surface area contributed by atoms with Crippen LogP contribution in [0.25, 0.3) is 0 Å². The van der Waals surface area contributed by atoms with E-state index in [9.17, 15) is 8.78 Å². The van der Waals surface area contributed by atoms with Crippen LogP contribution in [0, 0.1) is 35.3 Å². The standard InChI is InChI=1S/C25H36F2O/c1-2-3-17-6-8-19(9-7-17)20-10-12-21(13-11-20)22-14-15-23(25(27)24(22)26)28-16-18-4-5-18/h14-15,17-21H,2-13,16H2,1H3. The Morgan fingerprint density at radius 2 is 1.39 bits per heavy atom. The lowest BCUT2D eigenvalue weighted by Gasteiger charge is -2.38. The summed E-state index contributed by atoms with van der Waals surface area (Å²) in [6.45, 7) is 2.81. The first-order chi connectivity index (χ1) is 13.7. The highest BCUT2D eigenvalue weighted by molar-refractivity contribution is 5.33. The van der Waals surface area contributed by atoms with Gasteiger partial charge in [0.05, 0.1) is 6.61 Å². The van der Waals surface area contributed by atoms with E-state index >= 15 is 0 Å². The summed E-state index contributed by atoms with van der Waals surface area (Å²) in [5.74, 6) is 1.96. The highest BCUT2D eigenvalue weighted by Gasteiger charge is 2.32. The molecule has 0 spiro atoms. The van der Waals surface area contributed by atoms with Gasteiger partial charge < -0.3 is 4.74 Å². The van der Waals surface area contributed by atoms with Crippen molar-refractivity contribution in [2.24, 2.45) is 23.7 Å². The van der Waals surface area contributed by atoms with Crippen molar-refractivity contribution in [3.63, 3.8) is 0 Å². The van der Waals surface area contributed by atoms with Gasteiger partial charge >= 0.3 is 0 Å². The molecule has 4 rings (SSSR count). The Morgan fingerprint density at radius 3 is 2.00 bits per heavy atom. The Balaban J connectivity index is 1.30. The largest absolute Gasteiger partial charge is 0.490 e. The maximum absolute atomic E-state index is 14.7. The van der Waals surface area contributed by atoms with Crippen LogP contribution in [0.2, 0.25) is 0 Å². The van der Waals surface area contributed by atoms with Crippen molar-refractivity contribution in [3.05, 3.63) is 29.3 Å². The molecule has 0 saturated heterocycles. The fraction of sp³-hybridized carbons (Fsp3) is 0.760. The number of halogens is 2. The lowest BCUT2D eigenvalue weighted by atomic mass is 9.68. The fourth-order valence-corrected chi connectivity index (χ4v) is 5.72. The van der Waals surface area contributed by atoms with Crippen LogP contribution in [-0.2, 0) is 0 Å². The van der Waals surface area contributed by atoms with Gasteiger partial charge in [-0.15, -0.1) is 0 Å². The minimum absolute atomic E-state index is 0.0886. The van der Waals surface area contributed by atoms with Crippen LogP contribution in [0.5, 0.6) is 5.75 Å². The monoisotopic (exact) mass is 390 g/mol. The zero-order valence-corrected chi connectivity index (χ0v) is 17.4. The smallest absolute Gasteiger partial charge is 0.200 e. The van der Waals surface area contributed by atoms with E-state index in [2.05, 4.69) is 6.92 Å².